The highest BCUT2D eigenvalue weighted by Gasteiger charge is 2.15. The molecule has 0 amide bonds. The van der Waals surface area contributed by atoms with Gasteiger partial charge in [-0.1, -0.05) is 0 Å². The van der Waals surface area contributed by atoms with Crippen molar-refractivity contribution in [2.45, 2.75) is 4.21 Å². The first-order valence-corrected chi connectivity index (χ1v) is 7.84. The summed E-state index contributed by atoms with van der Waals surface area (Å²) in [7, 11) is 0.458. The van der Waals surface area contributed by atoms with Crippen molar-refractivity contribution >= 4 is 27.0 Å². The number of ether oxygens (including phenoxy) is 1. The van der Waals surface area contributed by atoms with Gasteiger partial charge in [-0.05, 0) is 20.2 Å². The van der Waals surface area contributed by atoms with Gasteiger partial charge in [0.05, 0.1) is 13.2 Å². The zero-order valence-electron chi connectivity index (χ0n) is 10.5. The molecular formula is C10H19N3O3S2. The molecule has 3 N–H and O–H groups in total. The van der Waals surface area contributed by atoms with Gasteiger partial charge < -0.3 is 15.4 Å². The normalized spacial score (nSPS) is 12.2. The molecule has 0 fully saturated rings. The average Bonchev–Trinajstić information content (AvgIpc) is 2.70. The second-order valence-corrected chi connectivity index (χ2v) is 6.92. The number of anilines is 1. The molecule has 8 heteroatoms. The molecule has 0 atom stereocenters. The van der Waals surface area contributed by atoms with Crippen molar-refractivity contribution in [3.8, 4) is 0 Å². The molecule has 0 bridgehead atoms. The van der Waals surface area contributed by atoms with Crippen LogP contribution >= 0.6 is 11.3 Å². The summed E-state index contributed by atoms with van der Waals surface area (Å²) in [6.07, 6.45) is 0. The molecule has 104 valence electrons. The number of rotatable bonds is 8. The predicted octanol–water partition coefficient (Wildman–Crippen LogP) is 0.187. The molecule has 1 heterocycles. The molecule has 0 aliphatic carbocycles. The van der Waals surface area contributed by atoms with E-state index >= 15 is 0 Å². The van der Waals surface area contributed by atoms with E-state index in [0.29, 0.717) is 18.9 Å². The molecule has 1 rings (SSSR count). The Kier molecular flexibility index (Phi) is 6.03. The van der Waals surface area contributed by atoms with Gasteiger partial charge in [-0.3, -0.25) is 0 Å². The highest BCUT2D eigenvalue weighted by Crippen LogP contribution is 2.20. The van der Waals surface area contributed by atoms with E-state index in [1.165, 1.54) is 6.07 Å². The van der Waals surface area contributed by atoms with E-state index in [9.17, 15) is 8.42 Å². The van der Waals surface area contributed by atoms with Crippen molar-refractivity contribution in [3.63, 3.8) is 0 Å². The van der Waals surface area contributed by atoms with E-state index in [1.54, 1.807) is 5.38 Å². The lowest BCUT2D eigenvalue weighted by Crippen LogP contribution is -2.28. The molecule has 0 aliphatic heterocycles. The fourth-order valence-electron chi connectivity index (χ4n) is 1.14. The topological polar surface area (TPSA) is 84.7 Å². The van der Waals surface area contributed by atoms with Crippen molar-refractivity contribution in [2.75, 3.05) is 46.1 Å². The standard InChI is InChI=1S/C10H19N3O3S2/c1-13(2)4-6-16-5-3-12-18(14,15)10-7-9(11)8-17-10/h7-8,12H,3-6,11H2,1-2H3. The number of nitrogens with one attached hydrogen (secondary N) is 1. The highest BCUT2D eigenvalue weighted by atomic mass is 32.2. The summed E-state index contributed by atoms with van der Waals surface area (Å²) in [4.78, 5) is 2.00. The van der Waals surface area contributed by atoms with Gasteiger partial charge in [0.15, 0.2) is 0 Å². The first-order chi connectivity index (χ1) is 8.42. The summed E-state index contributed by atoms with van der Waals surface area (Å²) < 4.78 is 31.5. The third-order valence-electron chi connectivity index (χ3n) is 2.08. The minimum Gasteiger partial charge on any atom is -0.398 e. The average molecular weight is 293 g/mol. The van der Waals surface area contributed by atoms with Crippen molar-refractivity contribution in [1.82, 2.24) is 9.62 Å². The predicted molar refractivity (Wildman–Crippen MR) is 73.3 cm³/mol. The summed E-state index contributed by atoms with van der Waals surface area (Å²) in [6, 6.07) is 1.44. The number of nitrogens with two attached hydrogens (primary N) is 1. The smallest absolute Gasteiger partial charge is 0.250 e. The van der Waals surface area contributed by atoms with Gasteiger partial charge in [0.2, 0.25) is 10.0 Å². The van der Waals surface area contributed by atoms with Crippen LogP contribution in [0.4, 0.5) is 5.69 Å². The fourth-order valence-corrected chi connectivity index (χ4v) is 3.28. The maximum absolute atomic E-state index is 11.8. The van der Waals surface area contributed by atoms with Gasteiger partial charge in [-0.15, -0.1) is 11.3 Å². The first-order valence-electron chi connectivity index (χ1n) is 5.48. The Bertz CT molecular complexity index is 457. The Morgan fingerprint density at radius 3 is 2.72 bits per heavy atom. The lowest BCUT2D eigenvalue weighted by molar-refractivity contribution is 0.122. The van der Waals surface area contributed by atoms with Gasteiger partial charge in [0, 0.05) is 24.2 Å². The van der Waals surface area contributed by atoms with E-state index < -0.39 is 10.0 Å². The van der Waals surface area contributed by atoms with Crippen LogP contribution in [0.3, 0.4) is 0 Å². The second-order valence-electron chi connectivity index (χ2n) is 4.01. The van der Waals surface area contributed by atoms with Crippen molar-refractivity contribution in [2.24, 2.45) is 0 Å². The number of sulfonamides is 1. The van der Waals surface area contributed by atoms with Crippen molar-refractivity contribution < 1.29 is 13.2 Å². The molecule has 0 unspecified atom stereocenters. The number of nitrogen functional groups attached to an aromatic ring is 1. The largest absolute Gasteiger partial charge is 0.398 e. The van der Waals surface area contributed by atoms with Gasteiger partial charge in [-0.25, -0.2) is 13.1 Å². The molecule has 0 saturated carbocycles. The maximum atomic E-state index is 11.8. The first kappa shape index (κ1) is 15.4. The molecule has 0 radical (unpaired) electrons. The van der Waals surface area contributed by atoms with E-state index in [0.717, 1.165) is 17.9 Å². The molecule has 6 nitrogen and oxygen atoms in total. The second kappa shape index (κ2) is 7.05. The van der Waals surface area contributed by atoms with Crippen LogP contribution in [0.25, 0.3) is 0 Å². The maximum Gasteiger partial charge on any atom is 0.250 e. The molecule has 0 aromatic carbocycles. The van der Waals surface area contributed by atoms with Gasteiger partial charge in [0.25, 0.3) is 0 Å². The number of thiophene rings is 1. The molecule has 0 saturated heterocycles. The summed E-state index contributed by atoms with van der Waals surface area (Å²) >= 11 is 1.11. The SMILES string of the molecule is CN(C)CCOCCNS(=O)(=O)c1cc(N)cs1. The van der Waals surface area contributed by atoms with Crippen LogP contribution in [0.15, 0.2) is 15.7 Å². The van der Waals surface area contributed by atoms with Crippen LogP contribution in [-0.2, 0) is 14.8 Å². The fraction of sp³-hybridized carbons (Fsp3) is 0.600. The van der Waals surface area contributed by atoms with Gasteiger partial charge >= 0.3 is 0 Å². The summed E-state index contributed by atoms with van der Waals surface area (Å²) in [5, 5.41) is 1.60. The van der Waals surface area contributed by atoms with E-state index in [-0.39, 0.29) is 10.8 Å². The van der Waals surface area contributed by atoms with E-state index in [1.807, 2.05) is 19.0 Å². The highest BCUT2D eigenvalue weighted by molar-refractivity contribution is 7.91. The molecule has 1 aromatic heterocycles. The summed E-state index contributed by atoms with van der Waals surface area (Å²) in [6.45, 7) is 2.01. The summed E-state index contributed by atoms with van der Waals surface area (Å²) in [5.74, 6) is 0. The number of hydrogen-bond acceptors (Lipinski definition) is 6. The monoisotopic (exact) mass is 293 g/mol. The number of likely N-dealkylation sites (N-methyl/N-ethyl adjacent to an activating group) is 1. The minimum atomic E-state index is -3.44. The van der Waals surface area contributed by atoms with Crippen molar-refractivity contribution in [1.29, 1.82) is 0 Å². The lowest BCUT2D eigenvalue weighted by atomic mass is 10.6. The van der Waals surface area contributed by atoms with Crippen LogP contribution in [0, 0.1) is 0 Å². The van der Waals surface area contributed by atoms with Gasteiger partial charge in [-0.2, -0.15) is 0 Å². The Morgan fingerprint density at radius 2 is 2.17 bits per heavy atom. The third-order valence-corrected chi connectivity index (χ3v) is 5.00. The Balaban J connectivity index is 2.26. The van der Waals surface area contributed by atoms with Crippen LogP contribution < -0.4 is 10.5 Å². The van der Waals surface area contributed by atoms with Crippen LogP contribution in [0.5, 0.6) is 0 Å². The number of hydrogen-bond donors (Lipinski definition) is 2. The Labute approximate surface area is 112 Å². The minimum absolute atomic E-state index is 0.230. The van der Waals surface area contributed by atoms with Crippen LogP contribution in [-0.4, -0.2) is 53.7 Å². The molecule has 18 heavy (non-hydrogen) atoms. The number of nitrogens with zero attached hydrogens (tertiary/aromatic N) is 1. The van der Waals surface area contributed by atoms with Crippen LogP contribution in [0.2, 0.25) is 0 Å². The van der Waals surface area contributed by atoms with E-state index in [4.69, 9.17) is 10.5 Å². The quantitative estimate of drug-likeness (QED) is 0.668. The molecule has 0 spiro atoms. The molecular weight excluding hydrogens is 274 g/mol. The zero-order chi connectivity index (χ0) is 13.6. The lowest BCUT2D eigenvalue weighted by Gasteiger charge is -2.10. The van der Waals surface area contributed by atoms with E-state index in [2.05, 4.69) is 4.72 Å². The van der Waals surface area contributed by atoms with Crippen molar-refractivity contribution in [3.05, 3.63) is 11.4 Å². The van der Waals surface area contributed by atoms with Crippen LogP contribution in [0.1, 0.15) is 0 Å². The molecule has 1 aromatic rings. The zero-order valence-corrected chi connectivity index (χ0v) is 12.2. The Hall–Kier alpha value is -0.670. The molecule has 0 aliphatic rings. The Morgan fingerprint density at radius 1 is 1.44 bits per heavy atom. The van der Waals surface area contributed by atoms with Gasteiger partial charge in [0.1, 0.15) is 4.21 Å². The third kappa shape index (κ3) is 5.32. The summed E-state index contributed by atoms with van der Waals surface area (Å²) in [5.41, 5.74) is 5.95.